The molecule has 0 saturated heterocycles. The van der Waals surface area contributed by atoms with E-state index < -0.39 is 11.9 Å². The van der Waals surface area contributed by atoms with Gasteiger partial charge >= 0.3 is 0 Å². The van der Waals surface area contributed by atoms with Crippen molar-refractivity contribution in [1.29, 1.82) is 5.26 Å². The Morgan fingerprint density at radius 2 is 2.38 bits per heavy atom. The predicted molar refractivity (Wildman–Crippen MR) is 58.8 cm³/mol. The van der Waals surface area contributed by atoms with Gasteiger partial charge in [-0.2, -0.15) is 5.26 Å². The van der Waals surface area contributed by atoms with Crippen LogP contribution in [0.15, 0.2) is 23.0 Å². The number of rotatable bonds is 4. The molecule has 0 spiro atoms. The van der Waals surface area contributed by atoms with Crippen LogP contribution < -0.4 is 10.9 Å². The van der Waals surface area contributed by atoms with Crippen LogP contribution in [0.4, 0.5) is 0 Å². The molecule has 1 rings (SSSR count). The number of hydrogen-bond acceptors (Lipinski definition) is 3. The molecule has 0 aliphatic carbocycles. The SMILES string of the molecule is CCCC(C#N)NC(=O)c1cccc(=O)[nH]1. The first kappa shape index (κ1) is 12.0. The fourth-order valence-electron chi connectivity index (χ4n) is 1.27. The van der Waals surface area contributed by atoms with E-state index in [1.165, 1.54) is 18.2 Å². The zero-order valence-corrected chi connectivity index (χ0v) is 8.99. The van der Waals surface area contributed by atoms with E-state index in [4.69, 9.17) is 5.26 Å². The molecular formula is C11H13N3O2. The van der Waals surface area contributed by atoms with Gasteiger partial charge in [-0.15, -0.1) is 0 Å². The second kappa shape index (κ2) is 5.71. The molecule has 1 unspecified atom stereocenters. The van der Waals surface area contributed by atoms with Crippen molar-refractivity contribution in [2.24, 2.45) is 0 Å². The molecule has 1 amide bonds. The van der Waals surface area contributed by atoms with Crippen molar-refractivity contribution < 1.29 is 4.79 Å². The van der Waals surface area contributed by atoms with Crippen LogP contribution in [0.5, 0.6) is 0 Å². The average molecular weight is 219 g/mol. The first-order chi connectivity index (χ1) is 7.67. The first-order valence-electron chi connectivity index (χ1n) is 5.07. The number of hydrogen-bond donors (Lipinski definition) is 2. The molecule has 2 N–H and O–H groups in total. The largest absolute Gasteiger partial charge is 0.335 e. The Kier molecular flexibility index (Phi) is 4.28. The number of H-pyrrole nitrogens is 1. The fraction of sp³-hybridized carbons (Fsp3) is 0.364. The number of nitrogens with one attached hydrogen (secondary N) is 2. The van der Waals surface area contributed by atoms with E-state index in [0.29, 0.717) is 6.42 Å². The Morgan fingerprint density at radius 1 is 1.62 bits per heavy atom. The molecular weight excluding hydrogens is 206 g/mol. The monoisotopic (exact) mass is 219 g/mol. The van der Waals surface area contributed by atoms with Crippen LogP contribution in [0, 0.1) is 11.3 Å². The number of aromatic amines is 1. The van der Waals surface area contributed by atoms with Crippen LogP contribution in [0.25, 0.3) is 0 Å². The van der Waals surface area contributed by atoms with Crippen LogP contribution >= 0.6 is 0 Å². The topological polar surface area (TPSA) is 85.8 Å². The summed E-state index contributed by atoms with van der Waals surface area (Å²) in [6.07, 6.45) is 1.41. The Bertz CT molecular complexity index is 459. The second-order valence-corrected chi connectivity index (χ2v) is 3.37. The van der Waals surface area contributed by atoms with Gasteiger partial charge in [0.05, 0.1) is 6.07 Å². The number of carbonyl (C=O) groups is 1. The van der Waals surface area contributed by atoms with Crippen LogP contribution in [0.1, 0.15) is 30.3 Å². The Labute approximate surface area is 93.1 Å². The number of amides is 1. The van der Waals surface area contributed by atoms with Crippen LogP contribution in [-0.2, 0) is 0 Å². The number of aromatic nitrogens is 1. The highest BCUT2D eigenvalue weighted by Gasteiger charge is 2.12. The van der Waals surface area contributed by atoms with Gasteiger partial charge in [0, 0.05) is 6.07 Å². The molecule has 0 fully saturated rings. The van der Waals surface area contributed by atoms with Gasteiger partial charge < -0.3 is 10.3 Å². The first-order valence-corrected chi connectivity index (χ1v) is 5.07. The van der Waals surface area contributed by atoms with Gasteiger partial charge in [0.1, 0.15) is 11.7 Å². The molecule has 1 aromatic rings. The van der Waals surface area contributed by atoms with E-state index in [-0.39, 0.29) is 11.3 Å². The highest BCUT2D eigenvalue weighted by atomic mass is 16.2. The summed E-state index contributed by atoms with van der Waals surface area (Å²) in [5.74, 6) is -0.433. The number of nitriles is 1. The van der Waals surface area contributed by atoms with Gasteiger partial charge in [-0.3, -0.25) is 9.59 Å². The van der Waals surface area contributed by atoms with E-state index in [0.717, 1.165) is 6.42 Å². The molecule has 0 aliphatic heterocycles. The average Bonchev–Trinajstić information content (AvgIpc) is 2.28. The zero-order chi connectivity index (χ0) is 12.0. The molecule has 5 heteroatoms. The van der Waals surface area contributed by atoms with Gasteiger partial charge in [0.25, 0.3) is 5.91 Å². The lowest BCUT2D eigenvalue weighted by atomic mass is 10.2. The minimum atomic E-state index is -0.513. The van der Waals surface area contributed by atoms with Crippen LogP contribution in [0.2, 0.25) is 0 Å². The van der Waals surface area contributed by atoms with Crippen molar-refractivity contribution in [3.05, 3.63) is 34.2 Å². The zero-order valence-electron chi connectivity index (χ0n) is 8.99. The van der Waals surface area contributed by atoms with Crippen molar-refractivity contribution in [3.63, 3.8) is 0 Å². The standard InChI is InChI=1S/C11H13N3O2/c1-2-4-8(7-12)13-11(16)9-5-3-6-10(15)14-9/h3,5-6,8H,2,4H2,1H3,(H,13,16)(H,14,15). The molecule has 16 heavy (non-hydrogen) atoms. The molecule has 0 bridgehead atoms. The highest BCUT2D eigenvalue weighted by Crippen LogP contribution is 1.97. The van der Waals surface area contributed by atoms with Gasteiger partial charge in [-0.1, -0.05) is 19.4 Å². The summed E-state index contributed by atoms with van der Waals surface area (Å²) in [7, 11) is 0. The minimum absolute atomic E-state index is 0.170. The van der Waals surface area contributed by atoms with Crippen LogP contribution in [0.3, 0.4) is 0 Å². The lowest BCUT2D eigenvalue weighted by molar-refractivity contribution is 0.0938. The summed E-state index contributed by atoms with van der Waals surface area (Å²) in [6, 6.07) is 5.80. The third kappa shape index (κ3) is 3.24. The van der Waals surface area contributed by atoms with Gasteiger partial charge in [0.15, 0.2) is 0 Å². The van der Waals surface area contributed by atoms with E-state index in [2.05, 4.69) is 10.3 Å². The van der Waals surface area contributed by atoms with E-state index in [1.807, 2.05) is 13.0 Å². The van der Waals surface area contributed by atoms with Crippen molar-refractivity contribution in [1.82, 2.24) is 10.3 Å². The lowest BCUT2D eigenvalue weighted by Crippen LogP contribution is -2.34. The van der Waals surface area contributed by atoms with E-state index in [1.54, 1.807) is 0 Å². The molecule has 1 atom stereocenters. The molecule has 1 heterocycles. The molecule has 1 aromatic heterocycles. The molecule has 5 nitrogen and oxygen atoms in total. The number of carbonyl (C=O) groups excluding carboxylic acids is 1. The van der Waals surface area contributed by atoms with Crippen molar-refractivity contribution >= 4 is 5.91 Å². The van der Waals surface area contributed by atoms with Gasteiger partial charge in [-0.05, 0) is 12.5 Å². The Hall–Kier alpha value is -2.09. The number of nitrogens with zero attached hydrogens (tertiary/aromatic N) is 1. The predicted octanol–water partition coefficient (Wildman–Crippen LogP) is 0.797. The molecule has 84 valence electrons. The molecule has 0 aliphatic rings. The molecule has 0 aromatic carbocycles. The van der Waals surface area contributed by atoms with Gasteiger partial charge in [0.2, 0.25) is 5.56 Å². The summed E-state index contributed by atoms with van der Waals surface area (Å²) in [4.78, 5) is 25.0. The quantitative estimate of drug-likeness (QED) is 0.785. The molecule has 0 saturated carbocycles. The number of pyridine rings is 1. The van der Waals surface area contributed by atoms with Crippen molar-refractivity contribution in [2.45, 2.75) is 25.8 Å². The van der Waals surface area contributed by atoms with Gasteiger partial charge in [-0.25, -0.2) is 0 Å². The summed E-state index contributed by atoms with van der Waals surface area (Å²) in [5.41, 5.74) is -0.166. The minimum Gasteiger partial charge on any atom is -0.335 e. The van der Waals surface area contributed by atoms with E-state index >= 15 is 0 Å². The maximum absolute atomic E-state index is 11.6. The molecule has 0 radical (unpaired) electrons. The van der Waals surface area contributed by atoms with E-state index in [9.17, 15) is 9.59 Å². The normalized spacial score (nSPS) is 11.5. The Morgan fingerprint density at radius 3 is 2.94 bits per heavy atom. The summed E-state index contributed by atoms with van der Waals surface area (Å²) in [5, 5.41) is 11.3. The maximum Gasteiger partial charge on any atom is 0.268 e. The smallest absolute Gasteiger partial charge is 0.268 e. The summed E-state index contributed by atoms with van der Waals surface area (Å²) in [6.45, 7) is 1.93. The third-order valence-corrected chi connectivity index (χ3v) is 2.05. The third-order valence-electron chi connectivity index (χ3n) is 2.05. The Balaban J connectivity index is 2.72. The fourth-order valence-corrected chi connectivity index (χ4v) is 1.27. The van der Waals surface area contributed by atoms with Crippen LogP contribution in [-0.4, -0.2) is 16.9 Å². The highest BCUT2D eigenvalue weighted by molar-refractivity contribution is 5.92. The van der Waals surface area contributed by atoms with Crippen molar-refractivity contribution in [2.75, 3.05) is 0 Å². The summed E-state index contributed by atoms with van der Waals surface area (Å²) < 4.78 is 0. The second-order valence-electron chi connectivity index (χ2n) is 3.37. The lowest BCUT2D eigenvalue weighted by Gasteiger charge is -2.09. The maximum atomic E-state index is 11.6. The van der Waals surface area contributed by atoms with Crippen molar-refractivity contribution in [3.8, 4) is 6.07 Å². The summed E-state index contributed by atoms with van der Waals surface area (Å²) >= 11 is 0.